The molecule has 0 N–H and O–H groups in total. The van der Waals surface area contributed by atoms with Gasteiger partial charge in [-0.2, -0.15) is 0 Å². The normalized spacial score (nSPS) is 11.2. The molecular formula is C12H24Se. The maximum atomic E-state index is 2.29. The molecule has 0 heterocycles. The molecule has 0 atom stereocenters. The fraction of sp³-hybridized carbons (Fsp3) is 0.833. The van der Waals surface area contributed by atoms with E-state index in [2.05, 4.69) is 26.0 Å². The van der Waals surface area contributed by atoms with E-state index in [-0.39, 0.29) is 0 Å². The molecule has 0 aromatic carbocycles. The van der Waals surface area contributed by atoms with Gasteiger partial charge in [0.05, 0.1) is 0 Å². The third kappa shape index (κ3) is 12.3. The molecule has 0 rings (SSSR count). The van der Waals surface area contributed by atoms with Crippen molar-refractivity contribution in [2.24, 2.45) is 0 Å². The van der Waals surface area contributed by atoms with Crippen LogP contribution in [0.4, 0.5) is 0 Å². The van der Waals surface area contributed by atoms with Gasteiger partial charge in [0.2, 0.25) is 0 Å². The Balaban J connectivity index is 2.83. The number of hydrogen-bond donors (Lipinski definition) is 0. The summed E-state index contributed by atoms with van der Waals surface area (Å²) in [5.41, 5.74) is 0. The summed E-state index contributed by atoms with van der Waals surface area (Å²) in [6.07, 6.45) is 12.9. The molecule has 0 aliphatic heterocycles. The molecule has 0 radical (unpaired) electrons. The summed E-state index contributed by atoms with van der Waals surface area (Å²) in [6, 6.07) is 0. The Morgan fingerprint density at radius 2 is 1.77 bits per heavy atom. The first-order valence-electron chi connectivity index (χ1n) is 5.60. The summed E-state index contributed by atoms with van der Waals surface area (Å²) >= 11 is 0.956. The third-order valence-corrected chi connectivity index (χ3v) is 4.67. The molecule has 13 heavy (non-hydrogen) atoms. The quantitative estimate of drug-likeness (QED) is 0.320. The van der Waals surface area contributed by atoms with E-state index < -0.39 is 0 Å². The second-order valence-electron chi connectivity index (χ2n) is 3.38. The molecule has 0 spiro atoms. The second kappa shape index (κ2) is 12.3. The summed E-state index contributed by atoms with van der Waals surface area (Å²) < 4.78 is 0. The molecule has 0 aromatic rings. The van der Waals surface area contributed by atoms with Crippen molar-refractivity contribution in [3.8, 4) is 0 Å². The number of hydrogen-bond acceptors (Lipinski definition) is 0. The Bertz CT molecular complexity index is 108. The number of rotatable bonds is 9. The van der Waals surface area contributed by atoms with Gasteiger partial charge in [-0.1, -0.05) is 0 Å². The van der Waals surface area contributed by atoms with Gasteiger partial charge < -0.3 is 0 Å². The van der Waals surface area contributed by atoms with E-state index in [0.717, 1.165) is 15.0 Å². The molecule has 0 fully saturated rings. The van der Waals surface area contributed by atoms with E-state index in [1.807, 2.05) is 0 Å². The Kier molecular flexibility index (Phi) is 12.5. The molecule has 78 valence electrons. The van der Waals surface area contributed by atoms with Crippen LogP contribution in [0.3, 0.4) is 0 Å². The zero-order valence-electron chi connectivity index (χ0n) is 9.22. The van der Waals surface area contributed by atoms with Gasteiger partial charge in [0.25, 0.3) is 0 Å². The molecule has 0 aliphatic rings. The number of allylic oxidation sites excluding steroid dienone is 2. The molecule has 0 nitrogen and oxygen atoms in total. The van der Waals surface area contributed by atoms with Crippen LogP contribution in [0, 0.1) is 0 Å². The summed E-state index contributed by atoms with van der Waals surface area (Å²) in [5, 5.41) is 3.01. The Morgan fingerprint density at radius 1 is 1.00 bits per heavy atom. The van der Waals surface area contributed by atoms with Crippen LogP contribution in [-0.4, -0.2) is 15.0 Å². The van der Waals surface area contributed by atoms with Crippen LogP contribution >= 0.6 is 0 Å². The Labute approximate surface area is 90.3 Å². The average Bonchev–Trinajstić information content (AvgIpc) is 2.16. The van der Waals surface area contributed by atoms with Crippen LogP contribution in [0.2, 0.25) is 10.6 Å². The summed E-state index contributed by atoms with van der Waals surface area (Å²) in [7, 11) is 0. The van der Waals surface area contributed by atoms with Crippen molar-refractivity contribution in [1.29, 1.82) is 0 Å². The van der Waals surface area contributed by atoms with Gasteiger partial charge in [0, 0.05) is 0 Å². The number of unbranched alkanes of at least 4 members (excludes halogenated alkanes) is 4. The fourth-order valence-corrected chi connectivity index (χ4v) is 3.12. The van der Waals surface area contributed by atoms with E-state index >= 15 is 0 Å². The van der Waals surface area contributed by atoms with Crippen LogP contribution in [0.15, 0.2) is 12.2 Å². The monoisotopic (exact) mass is 248 g/mol. The van der Waals surface area contributed by atoms with E-state index in [0.29, 0.717) is 0 Å². The van der Waals surface area contributed by atoms with Gasteiger partial charge in [-0.3, -0.25) is 0 Å². The van der Waals surface area contributed by atoms with Crippen LogP contribution in [0.5, 0.6) is 0 Å². The fourth-order valence-electron chi connectivity index (χ4n) is 1.23. The molecule has 0 amide bonds. The van der Waals surface area contributed by atoms with Crippen molar-refractivity contribution in [2.75, 3.05) is 0 Å². The predicted molar refractivity (Wildman–Crippen MR) is 63.6 cm³/mol. The molecule has 1 heteroatoms. The zero-order chi connectivity index (χ0) is 9.78. The van der Waals surface area contributed by atoms with Gasteiger partial charge in [0.1, 0.15) is 0 Å². The van der Waals surface area contributed by atoms with Gasteiger partial charge in [-0.15, -0.1) is 0 Å². The maximum absolute atomic E-state index is 2.29. The van der Waals surface area contributed by atoms with Crippen molar-refractivity contribution in [2.45, 2.75) is 63.0 Å². The first-order valence-corrected chi connectivity index (χ1v) is 8.03. The van der Waals surface area contributed by atoms with Gasteiger partial charge >= 0.3 is 90.1 Å². The first-order chi connectivity index (χ1) is 6.41. The standard InChI is InChI=1S/C12H24Se/c1-3-5-6-7-8-9-10-12-13-11-4-2/h3,5H,4,6-12H2,1-2H3/b5-3+. The predicted octanol–water partition coefficient (Wildman–Crippen LogP) is 4.46. The van der Waals surface area contributed by atoms with Crippen molar-refractivity contribution in [3.05, 3.63) is 12.2 Å². The van der Waals surface area contributed by atoms with E-state index in [1.54, 1.807) is 0 Å². The van der Waals surface area contributed by atoms with Crippen LogP contribution < -0.4 is 0 Å². The molecule has 0 bridgehead atoms. The molecule has 0 unspecified atom stereocenters. The average molecular weight is 247 g/mol. The SMILES string of the molecule is C/C=C/CCCCCC[Se]CCC. The van der Waals surface area contributed by atoms with Crippen molar-refractivity contribution < 1.29 is 0 Å². The minimum atomic E-state index is 0.956. The summed E-state index contributed by atoms with van der Waals surface area (Å²) in [5.74, 6) is 0. The molecule has 0 saturated heterocycles. The van der Waals surface area contributed by atoms with Crippen LogP contribution in [0.25, 0.3) is 0 Å². The third-order valence-electron chi connectivity index (χ3n) is 1.99. The van der Waals surface area contributed by atoms with Crippen molar-refractivity contribution in [3.63, 3.8) is 0 Å². The Morgan fingerprint density at radius 3 is 2.46 bits per heavy atom. The molecular weight excluding hydrogens is 223 g/mol. The van der Waals surface area contributed by atoms with Crippen LogP contribution in [-0.2, 0) is 0 Å². The topological polar surface area (TPSA) is 0 Å². The minimum absolute atomic E-state index is 0.956. The first kappa shape index (κ1) is 13.3. The molecule has 0 aromatic heterocycles. The zero-order valence-corrected chi connectivity index (χ0v) is 10.9. The van der Waals surface area contributed by atoms with E-state index in [1.165, 1.54) is 49.2 Å². The van der Waals surface area contributed by atoms with E-state index in [4.69, 9.17) is 0 Å². The molecule has 0 aliphatic carbocycles. The van der Waals surface area contributed by atoms with Gasteiger partial charge in [0.15, 0.2) is 0 Å². The van der Waals surface area contributed by atoms with Gasteiger partial charge in [-0.05, 0) is 0 Å². The summed E-state index contributed by atoms with van der Waals surface area (Å²) in [4.78, 5) is 0. The summed E-state index contributed by atoms with van der Waals surface area (Å²) in [6.45, 7) is 4.39. The van der Waals surface area contributed by atoms with Gasteiger partial charge in [-0.25, -0.2) is 0 Å². The van der Waals surface area contributed by atoms with Crippen LogP contribution in [0.1, 0.15) is 52.4 Å². The van der Waals surface area contributed by atoms with E-state index in [9.17, 15) is 0 Å². The Hall–Kier alpha value is 0.259. The molecule has 0 saturated carbocycles. The van der Waals surface area contributed by atoms with Crippen molar-refractivity contribution in [1.82, 2.24) is 0 Å². The van der Waals surface area contributed by atoms with Crippen molar-refractivity contribution >= 4 is 15.0 Å². The second-order valence-corrected chi connectivity index (χ2v) is 5.95.